The first-order valence-electron chi connectivity index (χ1n) is 9.61. The summed E-state index contributed by atoms with van der Waals surface area (Å²) < 4.78 is 0. The third-order valence-electron chi connectivity index (χ3n) is 5.77. The van der Waals surface area contributed by atoms with Gasteiger partial charge in [0.25, 0.3) is 5.91 Å². The first kappa shape index (κ1) is 20.1. The first-order chi connectivity index (χ1) is 13.2. The van der Waals surface area contributed by atoms with Gasteiger partial charge in [-0.05, 0) is 63.4 Å². The van der Waals surface area contributed by atoms with Crippen LogP contribution in [0.4, 0.5) is 0 Å². The number of rotatable bonds is 3. The van der Waals surface area contributed by atoms with Crippen LogP contribution in [-0.2, 0) is 10.3 Å². The number of hydrogen-bond donors (Lipinski definition) is 1. The molecule has 0 saturated carbocycles. The Labute approximate surface area is 167 Å². The predicted octanol–water partition coefficient (Wildman–Crippen LogP) is 3.04. The summed E-state index contributed by atoms with van der Waals surface area (Å²) >= 11 is 0. The highest BCUT2D eigenvalue weighted by molar-refractivity contribution is 5.95. The molecular weight excluding hydrogens is 350 g/mol. The van der Waals surface area contributed by atoms with E-state index >= 15 is 0 Å². The lowest BCUT2D eigenvalue weighted by Crippen LogP contribution is -2.46. The molecule has 1 unspecified atom stereocenters. The van der Waals surface area contributed by atoms with Crippen molar-refractivity contribution in [2.45, 2.75) is 40.2 Å². The lowest BCUT2D eigenvalue weighted by Gasteiger charge is -2.34. The summed E-state index contributed by atoms with van der Waals surface area (Å²) in [6, 6.07) is 12.1. The highest BCUT2D eigenvalue weighted by Crippen LogP contribution is 2.36. The Hall–Kier alpha value is -2.66. The van der Waals surface area contributed by atoms with Crippen LogP contribution < -0.4 is 5.73 Å². The maximum Gasteiger partial charge on any atom is 0.255 e. The summed E-state index contributed by atoms with van der Waals surface area (Å²) in [5.74, 6) is -0.217. The van der Waals surface area contributed by atoms with E-state index in [-0.39, 0.29) is 25.0 Å². The van der Waals surface area contributed by atoms with Gasteiger partial charge in [-0.3, -0.25) is 9.59 Å². The van der Waals surface area contributed by atoms with Crippen LogP contribution in [0.3, 0.4) is 0 Å². The van der Waals surface area contributed by atoms with Gasteiger partial charge in [-0.15, -0.1) is 0 Å². The van der Waals surface area contributed by atoms with E-state index in [4.69, 9.17) is 5.73 Å². The molecule has 2 amide bonds. The van der Waals surface area contributed by atoms with Gasteiger partial charge >= 0.3 is 0 Å². The molecule has 1 heterocycles. The van der Waals surface area contributed by atoms with Gasteiger partial charge in [0.05, 0.1) is 25.3 Å². The van der Waals surface area contributed by atoms with Crippen molar-refractivity contribution in [3.8, 4) is 0 Å². The maximum atomic E-state index is 13.2. The lowest BCUT2D eigenvalue weighted by atomic mass is 9.89. The van der Waals surface area contributed by atoms with Gasteiger partial charge in [0, 0.05) is 5.56 Å². The second kappa shape index (κ2) is 7.40. The van der Waals surface area contributed by atoms with Gasteiger partial charge in [0.1, 0.15) is 0 Å². The topological polar surface area (TPSA) is 66.6 Å². The number of nitrogens with two attached hydrogens (primary N) is 1. The molecule has 5 nitrogen and oxygen atoms in total. The number of carbonyl (C=O) groups is 2. The maximum absolute atomic E-state index is 13.2. The largest absolute Gasteiger partial charge is 0.322 e. The fourth-order valence-electron chi connectivity index (χ4n) is 4.04. The third-order valence-corrected chi connectivity index (χ3v) is 5.77. The van der Waals surface area contributed by atoms with Crippen LogP contribution in [0.1, 0.15) is 45.1 Å². The first-order valence-corrected chi connectivity index (χ1v) is 9.61. The zero-order valence-electron chi connectivity index (χ0n) is 17.4. The second-order valence-electron chi connectivity index (χ2n) is 8.12. The van der Waals surface area contributed by atoms with Crippen molar-refractivity contribution < 1.29 is 9.59 Å². The van der Waals surface area contributed by atoms with E-state index in [0.717, 1.165) is 22.3 Å². The highest BCUT2D eigenvalue weighted by atomic mass is 16.2. The SMILES string of the molecule is Cc1cc(C)cc(C(=O)N2CN(C(=O)CN)C(C)(c3ccc(C)c(C)c3)C2)c1. The Kier molecular flexibility index (Phi) is 5.31. The molecule has 0 aliphatic carbocycles. The molecule has 148 valence electrons. The van der Waals surface area contributed by atoms with E-state index in [1.165, 1.54) is 5.56 Å². The molecule has 3 rings (SSSR count). The average Bonchev–Trinajstić information content (AvgIpc) is 3.00. The van der Waals surface area contributed by atoms with Gasteiger partial charge in [-0.25, -0.2) is 0 Å². The third kappa shape index (κ3) is 3.54. The van der Waals surface area contributed by atoms with Crippen molar-refractivity contribution in [3.05, 3.63) is 69.8 Å². The normalized spacial score (nSPS) is 19.2. The van der Waals surface area contributed by atoms with Crippen molar-refractivity contribution >= 4 is 11.8 Å². The van der Waals surface area contributed by atoms with Crippen LogP contribution in [0.15, 0.2) is 36.4 Å². The van der Waals surface area contributed by atoms with E-state index in [0.29, 0.717) is 12.1 Å². The van der Waals surface area contributed by atoms with Crippen molar-refractivity contribution in [3.63, 3.8) is 0 Å². The van der Waals surface area contributed by atoms with Crippen LogP contribution in [-0.4, -0.2) is 41.4 Å². The Morgan fingerprint density at radius 2 is 1.64 bits per heavy atom. The molecule has 1 atom stereocenters. The summed E-state index contributed by atoms with van der Waals surface area (Å²) in [5.41, 5.74) is 11.2. The van der Waals surface area contributed by atoms with Crippen LogP contribution in [0, 0.1) is 27.7 Å². The van der Waals surface area contributed by atoms with Crippen LogP contribution >= 0.6 is 0 Å². The minimum Gasteiger partial charge on any atom is -0.322 e. The highest BCUT2D eigenvalue weighted by Gasteiger charge is 2.46. The van der Waals surface area contributed by atoms with Gasteiger partial charge < -0.3 is 15.5 Å². The number of aryl methyl sites for hydroxylation is 4. The standard InChI is InChI=1S/C23H29N3O2/c1-15-8-16(2)10-19(9-15)22(28)25-13-23(5,26(14-25)21(27)12-24)20-7-6-17(3)18(4)11-20/h6-11H,12-14,24H2,1-5H3. The number of nitrogens with zero attached hydrogens (tertiary/aromatic N) is 2. The van der Waals surface area contributed by atoms with Crippen molar-refractivity contribution in [1.29, 1.82) is 0 Å². The Morgan fingerprint density at radius 1 is 1.00 bits per heavy atom. The summed E-state index contributed by atoms with van der Waals surface area (Å²) in [4.78, 5) is 29.3. The van der Waals surface area contributed by atoms with E-state index in [1.54, 1.807) is 9.80 Å². The van der Waals surface area contributed by atoms with Gasteiger partial charge in [-0.1, -0.05) is 35.4 Å². The average molecular weight is 380 g/mol. The van der Waals surface area contributed by atoms with Gasteiger partial charge in [0.2, 0.25) is 5.91 Å². The second-order valence-corrected chi connectivity index (χ2v) is 8.12. The summed E-state index contributed by atoms with van der Waals surface area (Å²) in [7, 11) is 0. The minimum atomic E-state index is -0.608. The molecule has 5 heteroatoms. The molecule has 0 radical (unpaired) electrons. The van der Waals surface area contributed by atoms with Gasteiger partial charge in [-0.2, -0.15) is 0 Å². The number of amides is 2. The van der Waals surface area contributed by atoms with Crippen LogP contribution in [0.2, 0.25) is 0 Å². The molecule has 1 aliphatic rings. The fourth-order valence-corrected chi connectivity index (χ4v) is 4.04. The van der Waals surface area contributed by atoms with E-state index in [9.17, 15) is 9.59 Å². The summed E-state index contributed by atoms with van der Waals surface area (Å²) in [6.45, 7) is 10.7. The van der Waals surface area contributed by atoms with Crippen LogP contribution in [0.25, 0.3) is 0 Å². The quantitative estimate of drug-likeness (QED) is 0.891. The molecule has 0 bridgehead atoms. The summed E-state index contributed by atoms with van der Waals surface area (Å²) in [6.07, 6.45) is 0. The Morgan fingerprint density at radius 3 is 2.21 bits per heavy atom. The van der Waals surface area contributed by atoms with Crippen molar-refractivity contribution in [2.24, 2.45) is 5.73 Å². The number of benzene rings is 2. The Bertz CT molecular complexity index is 917. The predicted molar refractivity (Wildman–Crippen MR) is 111 cm³/mol. The number of hydrogen-bond acceptors (Lipinski definition) is 3. The zero-order valence-corrected chi connectivity index (χ0v) is 17.4. The monoisotopic (exact) mass is 379 g/mol. The molecule has 0 spiro atoms. The molecule has 1 fully saturated rings. The van der Waals surface area contributed by atoms with E-state index in [1.807, 2.05) is 45.0 Å². The van der Waals surface area contributed by atoms with Crippen molar-refractivity contribution in [1.82, 2.24) is 9.80 Å². The minimum absolute atomic E-state index is 0.0609. The van der Waals surface area contributed by atoms with Crippen molar-refractivity contribution in [2.75, 3.05) is 19.8 Å². The van der Waals surface area contributed by atoms with E-state index < -0.39 is 5.54 Å². The number of carbonyl (C=O) groups excluding carboxylic acids is 2. The molecule has 2 aromatic rings. The van der Waals surface area contributed by atoms with Crippen LogP contribution in [0.5, 0.6) is 0 Å². The molecule has 0 aromatic heterocycles. The zero-order chi connectivity index (χ0) is 20.6. The molecular formula is C23H29N3O2. The summed E-state index contributed by atoms with van der Waals surface area (Å²) in [5, 5.41) is 0. The molecule has 2 N–H and O–H groups in total. The molecule has 28 heavy (non-hydrogen) atoms. The lowest BCUT2D eigenvalue weighted by molar-refractivity contribution is -0.133. The smallest absolute Gasteiger partial charge is 0.255 e. The van der Waals surface area contributed by atoms with Gasteiger partial charge in [0.15, 0.2) is 0 Å². The van der Waals surface area contributed by atoms with E-state index in [2.05, 4.69) is 26.0 Å². The Balaban J connectivity index is 1.99. The molecule has 1 saturated heterocycles. The molecule has 2 aromatic carbocycles. The molecule has 1 aliphatic heterocycles. The fraction of sp³-hybridized carbons (Fsp3) is 0.391.